The van der Waals surface area contributed by atoms with Crippen molar-refractivity contribution in [3.8, 4) is 17.2 Å². The molecule has 1 heterocycles. The van der Waals surface area contributed by atoms with Gasteiger partial charge < -0.3 is 19.7 Å². The van der Waals surface area contributed by atoms with E-state index in [4.69, 9.17) is 9.47 Å². The fraction of sp³-hybridized carbons (Fsp3) is 0.462. The topological polar surface area (TPSA) is 88.0 Å². The molecule has 2 rings (SSSR count). The second-order valence-corrected chi connectivity index (χ2v) is 4.60. The number of ether oxygens (including phenoxy) is 2. The average molecular weight is 267 g/mol. The number of rotatable bonds is 3. The smallest absolute Gasteiger partial charge is 0.328 e. The zero-order valence-corrected chi connectivity index (χ0v) is 11.1. The number of phenols is 1. The van der Waals surface area contributed by atoms with E-state index >= 15 is 0 Å². The van der Waals surface area contributed by atoms with Crippen LogP contribution in [0.25, 0.3) is 0 Å². The van der Waals surface area contributed by atoms with Crippen molar-refractivity contribution in [1.29, 1.82) is 0 Å². The number of aromatic hydroxyl groups is 1. The summed E-state index contributed by atoms with van der Waals surface area (Å²) in [5.74, 6) is -0.685. The van der Waals surface area contributed by atoms with E-state index in [2.05, 4.69) is 5.32 Å². The van der Waals surface area contributed by atoms with Gasteiger partial charge >= 0.3 is 5.97 Å². The number of methoxy groups -OCH3 is 2. The van der Waals surface area contributed by atoms with Gasteiger partial charge in [0, 0.05) is 12.1 Å². The predicted molar refractivity (Wildman–Crippen MR) is 67.9 cm³/mol. The minimum absolute atomic E-state index is 0.150. The van der Waals surface area contributed by atoms with Crippen molar-refractivity contribution < 1.29 is 24.5 Å². The van der Waals surface area contributed by atoms with Crippen molar-refractivity contribution in [2.75, 3.05) is 20.8 Å². The fourth-order valence-electron chi connectivity index (χ4n) is 2.50. The number of carbonyl (C=O) groups is 1. The number of phenolic OH excluding ortho intramolecular Hbond substituents is 1. The Balaban J connectivity index is 2.74. The molecule has 0 spiro atoms. The monoisotopic (exact) mass is 267 g/mol. The molecule has 1 unspecified atom stereocenters. The first-order valence-corrected chi connectivity index (χ1v) is 5.91. The van der Waals surface area contributed by atoms with Crippen molar-refractivity contribution in [3.05, 3.63) is 17.2 Å². The van der Waals surface area contributed by atoms with Crippen LogP contribution in [0.4, 0.5) is 0 Å². The van der Waals surface area contributed by atoms with Gasteiger partial charge in [-0.2, -0.15) is 0 Å². The molecule has 0 saturated carbocycles. The van der Waals surface area contributed by atoms with Gasteiger partial charge in [-0.1, -0.05) is 0 Å². The summed E-state index contributed by atoms with van der Waals surface area (Å²) in [4.78, 5) is 11.5. The SMILES string of the molecule is COc1cc2c(c(O)c1OC)C(C)(C(=O)O)NCC2. The third-order valence-electron chi connectivity index (χ3n) is 3.53. The van der Waals surface area contributed by atoms with Crippen LogP contribution in [0.3, 0.4) is 0 Å². The predicted octanol–water partition coefficient (Wildman–Crippen LogP) is 0.855. The highest BCUT2D eigenvalue weighted by molar-refractivity contribution is 5.83. The maximum atomic E-state index is 11.5. The first-order chi connectivity index (χ1) is 8.95. The molecule has 0 radical (unpaired) electrons. The molecule has 6 heteroatoms. The molecule has 1 atom stereocenters. The summed E-state index contributed by atoms with van der Waals surface area (Å²) in [6.45, 7) is 2.05. The lowest BCUT2D eigenvalue weighted by molar-refractivity contribution is -0.145. The minimum Gasteiger partial charge on any atom is -0.504 e. The van der Waals surface area contributed by atoms with E-state index in [1.54, 1.807) is 6.07 Å². The third-order valence-corrected chi connectivity index (χ3v) is 3.53. The highest BCUT2D eigenvalue weighted by Gasteiger charge is 2.42. The molecule has 104 valence electrons. The largest absolute Gasteiger partial charge is 0.504 e. The molecule has 19 heavy (non-hydrogen) atoms. The van der Waals surface area contributed by atoms with Gasteiger partial charge in [0.1, 0.15) is 5.54 Å². The van der Waals surface area contributed by atoms with E-state index in [1.165, 1.54) is 21.1 Å². The quantitative estimate of drug-likeness (QED) is 0.752. The molecular formula is C13H17NO5. The van der Waals surface area contributed by atoms with Gasteiger partial charge in [-0.25, -0.2) is 4.79 Å². The highest BCUT2D eigenvalue weighted by atomic mass is 16.5. The van der Waals surface area contributed by atoms with Gasteiger partial charge in [0.15, 0.2) is 11.5 Å². The summed E-state index contributed by atoms with van der Waals surface area (Å²) >= 11 is 0. The first-order valence-electron chi connectivity index (χ1n) is 5.91. The number of carboxylic acids is 1. The number of carboxylic acid groups (broad SMARTS) is 1. The van der Waals surface area contributed by atoms with Crippen molar-refractivity contribution in [2.45, 2.75) is 18.9 Å². The van der Waals surface area contributed by atoms with Crippen molar-refractivity contribution in [1.82, 2.24) is 5.32 Å². The third kappa shape index (κ3) is 1.88. The zero-order chi connectivity index (χ0) is 14.2. The number of aliphatic carboxylic acids is 1. The summed E-state index contributed by atoms with van der Waals surface area (Å²) in [5, 5.41) is 22.7. The Morgan fingerprint density at radius 3 is 2.63 bits per heavy atom. The van der Waals surface area contributed by atoms with Gasteiger partial charge in [0.25, 0.3) is 0 Å². The number of benzene rings is 1. The van der Waals surface area contributed by atoms with Crippen molar-refractivity contribution >= 4 is 5.97 Å². The van der Waals surface area contributed by atoms with Crippen LogP contribution in [0.2, 0.25) is 0 Å². The molecule has 0 aliphatic carbocycles. The lowest BCUT2D eigenvalue weighted by Gasteiger charge is -2.34. The van der Waals surface area contributed by atoms with Crippen molar-refractivity contribution in [3.63, 3.8) is 0 Å². The van der Waals surface area contributed by atoms with Crippen LogP contribution in [0.5, 0.6) is 17.2 Å². The molecule has 3 N–H and O–H groups in total. The molecule has 1 aromatic carbocycles. The first kappa shape index (κ1) is 13.5. The minimum atomic E-state index is -1.34. The van der Waals surface area contributed by atoms with Crippen LogP contribution in [0, 0.1) is 0 Å². The fourth-order valence-corrected chi connectivity index (χ4v) is 2.50. The van der Waals surface area contributed by atoms with Crippen molar-refractivity contribution in [2.24, 2.45) is 0 Å². The molecular weight excluding hydrogens is 250 g/mol. The molecule has 1 aliphatic heterocycles. The number of fused-ring (bicyclic) bond motifs is 1. The van der Waals surface area contributed by atoms with Crippen LogP contribution in [-0.4, -0.2) is 36.9 Å². The van der Waals surface area contributed by atoms with Crippen LogP contribution >= 0.6 is 0 Å². The normalized spacial score (nSPS) is 21.6. The maximum absolute atomic E-state index is 11.5. The summed E-state index contributed by atoms with van der Waals surface area (Å²) < 4.78 is 10.3. The van der Waals surface area contributed by atoms with Gasteiger partial charge in [0.2, 0.25) is 5.75 Å². The van der Waals surface area contributed by atoms with E-state index in [1.807, 2.05) is 0 Å². The molecule has 0 aromatic heterocycles. The van der Waals surface area contributed by atoms with Crippen LogP contribution in [0.1, 0.15) is 18.1 Å². The summed E-state index contributed by atoms with van der Waals surface area (Å²) in [6, 6.07) is 1.72. The number of hydrogen-bond donors (Lipinski definition) is 3. The Morgan fingerprint density at radius 1 is 1.42 bits per heavy atom. The Bertz CT molecular complexity index is 528. The lowest BCUT2D eigenvalue weighted by Crippen LogP contribution is -2.50. The summed E-state index contributed by atoms with van der Waals surface area (Å²) in [6.07, 6.45) is 0.617. The van der Waals surface area contributed by atoms with E-state index in [-0.39, 0.29) is 11.5 Å². The van der Waals surface area contributed by atoms with Crippen LogP contribution in [0.15, 0.2) is 6.07 Å². The summed E-state index contributed by atoms with van der Waals surface area (Å²) in [5.41, 5.74) is -0.250. The van der Waals surface area contributed by atoms with E-state index < -0.39 is 11.5 Å². The summed E-state index contributed by atoms with van der Waals surface area (Å²) in [7, 11) is 2.87. The Morgan fingerprint density at radius 2 is 2.11 bits per heavy atom. The molecule has 0 bridgehead atoms. The lowest BCUT2D eigenvalue weighted by atomic mass is 9.82. The van der Waals surface area contributed by atoms with E-state index in [9.17, 15) is 15.0 Å². The standard InChI is InChI=1S/C13H17NO5/c1-13(12(16)17)9-7(4-5-14-13)6-8(18-2)11(19-3)10(9)15/h6,14-15H,4-5H2,1-3H3,(H,16,17). The Kier molecular flexibility index (Phi) is 3.28. The van der Waals surface area contributed by atoms with E-state index in [0.29, 0.717) is 24.3 Å². The van der Waals surface area contributed by atoms with Crippen LogP contribution < -0.4 is 14.8 Å². The Hall–Kier alpha value is -1.95. The van der Waals surface area contributed by atoms with E-state index in [0.717, 1.165) is 5.56 Å². The van der Waals surface area contributed by atoms with Gasteiger partial charge in [-0.05, 0) is 25.0 Å². The molecule has 0 amide bonds. The maximum Gasteiger partial charge on any atom is 0.328 e. The highest BCUT2D eigenvalue weighted by Crippen LogP contribution is 2.46. The Labute approximate surface area is 111 Å². The number of hydrogen-bond acceptors (Lipinski definition) is 5. The molecule has 0 saturated heterocycles. The molecule has 6 nitrogen and oxygen atoms in total. The second kappa shape index (κ2) is 4.62. The van der Waals surface area contributed by atoms with Crippen LogP contribution in [-0.2, 0) is 16.8 Å². The molecule has 1 aliphatic rings. The zero-order valence-electron chi connectivity index (χ0n) is 11.1. The average Bonchev–Trinajstić information content (AvgIpc) is 2.38. The molecule has 1 aromatic rings. The van der Waals surface area contributed by atoms with Gasteiger partial charge in [-0.3, -0.25) is 5.32 Å². The second-order valence-electron chi connectivity index (χ2n) is 4.60. The van der Waals surface area contributed by atoms with Gasteiger partial charge in [0.05, 0.1) is 14.2 Å². The number of nitrogens with one attached hydrogen (secondary N) is 1. The molecule has 0 fully saturated rings. The van der Waals surface area contributed by atoms with Gasteiger partial charge in [-0.15, -0.1) is 0 Å².